The summed E-state index contributed by atoms with van der Waals surface area (Å²) in [5.74, 6) is 0.453. The molecule has 0 saturated carbocycles. The molecule has 20 heavy (non-hydrogen) atoms. The standard InChI is InChI=1S/C14H26N2O3S/c1-3-14(7-5-8-15-14)13(17)10-12-6-4-9-16(11-12)20(2,18)19/h12,15H,3-11H2,1-2H3. The number of nitrogens with one attached hydrogen (secondary N) is 1. The van der Waals surface area contributed by atoms with Gasteiger partial charge in [-0.15, -0.1) is 0 Å². The first kappa shape index (κ1) is 15.9. The second kappa shape index (κ2) is 6.12. The van der Waals surface area contributed by atoms with E-state index in [-0.39, 0.29) is 17.2 Å². The Morgan fingerprint density at radius 2 is 2.15 bits per heavy atom. The van der Waals surface area contributed by atoms with Crippen LogP contribution in [0.5, 0.6) is 0 Å². The number of piperidine rings is 1. The molecule has 0 amide bonds. The van der Waals surface area contributed by atoms with E-state index in [2.05, 4.69) is 12.2 Å². The number of sulfonamides is 1. The van der Waals surface area contributed by atoms with Gasteiger partial charge >= 0.3 is 0 Å². The third kappa shape index (κ3) is 3.40. The Balaban J connectivity index is 1.97. The third-order valence-corrected chi connectivity index (χ3v) is 6.08. The molecule has 116 valence electrons. The molecule has 0 aromatic carbocycles. The Morgan fingerprint density at radius 3 is 2.70 bits per heavy atom. The summed E-state index contributed by atoms with van der Waals surface area (Å²) < 4.78 is 24.8. The second-order valence-electron chi connectivity index (χ2n) is 6.22. The lowest BCUT2D eigenvalue weighted by molar-refractivity contribution is -0.126. The zero-order valence-corrected chi connectivity index (χ0v) is 13.3. The molecule has 2 fully saturated rings. The summed E-state index contributed by atoms with van der Waals surface area (Å²) in [7, 11) is -3.13. The maximum atomic E-state index is 12.6. The number of Topliss-reactive ketones (excluding diaryl/α,β-unsaturated/α-hetero) is 1. The molecule has 2 aliphatic heterocycles. The Labute approximate surface area is 122 Å². The molecule has 2 heterocycles. The van der Waals surface area contributed by atoms with Crippen LogP contribution in [0.3, 0.4) is 0 Å². The van der Waals surface area contributed by atoms with Crippen LogP contribution in [-0.4, -0.2) is 49.9 Å². The lowest BCUT2D eigenvalue weighted by Crippen LogP contribution is -2.49. The monoisotopic (exact) mass is 302 g/mol. The van der Waals surface area contributed by atoms with Crippen LogP contribution in [0.1, 0.15) is 45.4 Å². The van der Waals surface area contributed by atoms with Crippen molar-refractivity contribution in [3.05, 3.63) is 0 Å². The zero-order chi connectivity index (χ0) is 14.8. The van der Waals surface area contributed by atoms with E-state index in [0.29, 0.717) is 19.5 Å². The van der Waals surface area contributed by atoms with Gasteiger partial charge in [0.15, 0.2) is 5.78 Å². The molecule has 0 aromatic heterocycles. The quantitative estimate of drug-likeness (QED) is 0.827. The van der Waals surface area contributed by atoms with Gasteiger partial charge in [0.1, 0.15) is 0 Å². The van der Waals surface area contributed by atoms with E-state index >= 15 is 0 Å². The Kier molecular flexibility index (Phi) is 4.87. The summed E-state index contributed by atoms with van der Waals surface area (Å²) in [6.45, 7) is 4.07. The maximum absolute atomic E-state index is 12.6. The first-order valence-corrected chi connectivity index (χ1v) is 9.46. The Morgan fingerprint density at radius 1 is 1.40 bits per heavy atom. The van der Waals surface area contributed by atoms with Crippen molar-refractivity contribution >= 4 is 15.8 Å². The smallest absolute Gasteiger partial charge is 0.211 e. The van der Waals surface area contributed by atoms with E-state index < -0.39 is 10.0 Å². The second-order valence-corrected chi connectivity index (χ2v) is 8.20. The van der Waals surface area contributed by atoms with Gasteiger partial charge in [-0.1, -0.05) is 6.92 Å². The fraction of sp³-hybridized carbons (Fsp3) is 0.929. The van der Waals surface area contributed by atoms with Crippen molar-refractivity contribution in [2.24, 2.45) is 5.92 Å². The highest BCUT2D eigenvalue weighted by atomic mass is 32.2. The van der Waals surface area contributed by atoms with Gasteiger partial charge in [0.2, 0.25) is 10.0 Å². The lowest BCUT2D eigenvalue weighted by atomic mass is 9.82. The SMILES string of the molecule is CCC1(C(=O)CC2CCCN(S(C)(=O)=O)C2)CCCN1. The molecular formula is C14H26N2O3S. The summed E-state index contributed by atoms with van der Waals surface area (Å²) in [5, 5.41) is 3.37. The molecule has 0 aliphatic carbocycles. The third-order valence-electron chi connectivity index (χ3n) is 4.81. The largest absolute Gasteiger partial charge is 0.305 e. The van der Waals surface area contributed by atoms with Crippen molar-refractivity contribution in [3.8, 4) is 0 Å². The normalized spacial score (nSPS) is 32.4. The van der Waals surface area contributed by atoms with Gasteiger partial charge in [0.05, 0.1) is 11.8 Å². The van der Waals surface area contributed by atoms with Crippen molar-refractivity contribution in [1.29, 1.82) is 0 Å². The average molecular weight is 302 g/mol. The number of hydrogen-bond donors (Lipinski definition) is 1. The summed E-state index contributed by atoms with van der Waals surface area (Å²) >= 11 is 0. The Hall–Kier alpha value is -0.460. The molecule has 0 aromatic rings. The molecule has 1 N–H and O–H groups in total. The van der Waals surface area contributed by atoms with E-state index in [1.54, 1.807) is 0 Å². The minimum atomic E-state index is -3.13. The molecule has 0 bridgehead atoms. The molecule has 0 spiro atoms. The lowest BCUT2D eigenvalue weighted by Gasteiger charge is -2.33. The topological polar surface area (TPSA) is 66.5 Å². The molecular weight excluding hydrogens is 276 g/mol. The van der Waals surface area contributed by atoms with Crippen molar-refractivity contribution in [3.63, 3.8) is 0 Å². The van der Waals surface area contributed by atoms with Crippen LogP contribution in [0.4, 0.5) is 0 Å². The first-order chi connectivity index (χ1) is 9.37. The number of ketones is 1. The van der Waals surface area contributed by atoms with E-state index in [4.69, 9.17) is 0 Å². The molecule has 2 rings (SSSR count). The number of carbonyl (C=O) groups is 1. The van der Waals surface area contributed by atoms with Gasteiger partial charge in [0.25, 0.3) is 0 Å². The fourth-order valence-electron chi connectivity index (χ4n) is 3.50. The zero-order valence-electron chi connectivity index (χ0n) is 12.5. The highest BCUT2D eigenvalue weighted by Crippen LogP contribution is 2.29. The van der Waals surface area contributed by atoms with Crippen LogP contribution < -0.4 is 5.32 Å². The predicted octanol–water partition coefficient (Wildman–Crippen LogP) is 1.15. The van der Waals surface area contributed by atoms with Crippen LogP contribution >= 0.6 is 0 Å². The van der Waals surface area contributed by atoms with Gasteiger partial charge in [-0.3, -0.25) is 4.79 Å². The van der Waals surface area contributed by atoms with Gasteiger partial charge in [0, 0.05) is 19.5 Å². The average Bonchev–Trinajstić information content (AvgIpc) is 2.88. The van der Waals surface area contributed by atoms with Crippen LogP contribution in [0.15, 0.2) is 0 Å². The molecule has 2 aliphatic rings. The van der Waals surface area contributed by atoms with Crippen LogP contribution in [-0.2, 0) is 14.8 Å². The minimum absolute atomic E-state index is 0.178. The van der Waals surface area contributed by atoms with Crippen molar-refractivity contribution in [2.75, 3.05) is 25.9 Å². The highest BCUT2D eigenvalue weighted by molar-refractivity contribution is 7.88. The molecule has 2 saturated heterocycles. The van der Waals surface area contributed by atoms with Crippen LogP contribution in [0, 0.1) is 5.92 Å². The molecule has 6 heteroatoms. The van der Waals surface area contributed by atoms with E-state index in [9.17, 15) is 13.2 Å². The minimum Gasteiger partial charge on any atom is -0.305 e. The summed E-state index contributed by atoms with van der Waals surface area (Å²) in [4.78, 5) is 12.6. The van der Waals surface area contributed by atoms with E-state index in [0.717, 1.165) is 38.6 Å². The van der Waals surface area contributed by atoms with E-state index in [1.165, 1.54) is 10.6 Å². The van der Waals surface area contributed by atoms with Crippen LogP contribution in [0.25, 0.3) is 0 Å². The Bertz CT molecular complexity index is 455. The van der Waals surface area contributed by atoms with Crippen molar-refractivity contribution < 1.29 is 13.2 Å². The first-order valence-electron chi connectivity index (χ1n) is 7.61. The number of hydrogen-bond acceptors (Lipinski definition) is 4. The fourth-order valence-corrected chi connectivity index (χ4v) is 4.44. The van der Waals surface area contributed by atoms with Gasteiger partial charge in [-0.25, -0.2) is 12.7 Å². The predicted molar refractivity (Wildman–Crippen MR) is 79.0 cm³/mol. The van der Waals surface area contributed by atoms with Crippen molar-refractivity contribution in [1.82, 2.24) is 9.62 Å². The van der Waals surface area contributed by atoms with Gasteiger partial charge < -0.3 is 5.32 Å². The summed E-state index contributed by atoms with van der Waals surface area (Å²) in [6, 6.07) is 0. The van der Waals surface area contributed by atoms with E-state index in [1.807, 2.05) is 0 Å². The highest BCUT2D eigenvalue weighted by Gasteiger charge is 2.40. The summed E-state index contributed by atoms with van der Waals surface area (Å²) in [6.07, 6.45) is 6.38. The molecule has 5 nitrogen and oxygen atoms in total. The number of nitrogens with zero attached hydrogens (tertiary/aromatic N) is 1. The van der Waals surface area contributed by atoms with Crippen molar-refractivity contribution in [2.45, 2.75) is 51.0 Å². The maximum Gasteiger partial charge on any atom is 0.211 e. The molecule has 0 radical (unpaired) electrons. The van der Waals surface area contributed by atoms with Crippen LogP contribution in [0.2, 0.25) is 0 Å². The van der Waals surface area contributed by atoms with Gasteiger partial charge in [-0.2, -0.15) is 0 Å². The van der Waals surface area contributed by atoms with Gasteiger partial charge in [-0.05, 0) is 44.6 Å². The number of carbonyl (C=O) groups excluding carboxylic acids is 1. The summed E-state index contributed by atoms with van der Waals surface area (Å²) in [5.41, 5.74) is -0.340. The number of rotatable bonds is 5. The molecule has 2 atom stereocenters. The molecule has 2 unspecified atom stereocenters.